The molecule has 0 aliphatic heterocycles. The van der Waals surface area contributed by atoms with Crippen molar-refractivity contribution in [3.05, 3.63) is 0 Å². The lowest BCUT2D eigenvalue weighted by atomic mass is 10.4. The van der Waals surface area contributed by atoms with E-state index >= 15 is 0 Å². The van der Waals surface area contributed by atoms with E-state index in [4.69, 9.17) is 22.7 Å². The van der Waals surface area contributed by atoms with Gasteiger partial charge >= 0.3 is 5.97 Å². The molecular weight excluding hydrogens is 292 g/mol. The molecule has 0 fully saturated rings. The summed E-state index contributed by atoms with van der Waals surface area (Å²) in [5, 5.41) is -1.28. The Morgan fingerprint density at radius 1 is 1.37 bits per heavy atom. The Bertz CT molecular complexity index is 410. The maximum atomic E-state index is 12.2. The van der Waals surface area contributed by atoms with Crippen LogP contribution >= 0.6 is 12.2 Å². The average molecular weight is 312 g/mol. The van der Waals surface area contributed by atoms with E-state index in [2.05, 4.69) is 4.74 Å². The van der Waals surface area contributed by atoms with Crippen molar-refractivity contribution in [2.45, 2.75) is 18.6 Å². The fraction of sp³-hybridized carbons (Fsp3) is 0.800. The SMILES string of the molecule is COCCN(CCC(N)=S)S(=O)(=O)C(C)C(=O)OC. The number of sulfonamides is 1. The maximum Gasteiger partial charge on any atom is 0.325 e. The molecule has 0 saturated heterocycles. The number of rotatable bonds is 9. The van der Waals surface area contributed by atoms with Gasteiger partial charge in [0.05, 0.1) is 18.7 Å². The highest BCUT2D eigenvalue weighted by molar-refractivity contribution is 7.90. The van der Waals surface area contributed by atoms with Crippen LogP contribution in [0.4, 0.5) is 0 Å². The van der Waals surface area contributed by atoms with Gasteiger partial charge in [0, 0.05) is 26.6 Å². The number of methoxy groups -OCH3 is 2. The van der Waals surface area contributed by atoms with Crippen molar-refractivity contribution in [3.8, 4) is 0 Å². The first kappa shape index (κ1) is 18.2. The highest BCUT2D eigenvalue weighted by Gasteiger charge is 2.34. The van der Waals surface area contributed by atoms with Crippen LogP contribution in [-0.2, 0) is 24.3 Å². The molecule has 0 spiro atoms. The first-order valence-electron chi connectivity index (χ1n) is 5.61. The van der Waals surface area contributed by atoms with Gasteiger partial charge in [-0.2, -0.15) is 4.31 Å². The van der Waals surface area contributed by atoms with Gasteiger partial charge in [0.25, 0.3) is 0 Å². The maximum absolute atomic E-state index is 12.2. The van der Waals surface area contributed by atoms with Gasteiger partial charge < -0.3 is 15.2 Å². The molecule has 2 N–H and O–H groups in total. The van der Waals surface area contributed by atoms with Crippen LogP contribution in [0.1, 0.15) is 13.3 Å². The Morgan fingerprint density at radius 2 is 1.95 bits per heavy atom. The van der Waals surface area contributed by atoms with Crippen LogP contribution in [0.5, 0.6) is 0 Å². The Kier molecular flexibility index (Phi) is 8.07. The molecule has 112 valence electrons. The number of thiocarbonyl (C=S) groups is 1. The van der Waals surface area contributed by atoms with Gasteiger partial charge in [0.2, 0.25) is 10.0 Å². The van der Waals surface area contributed by atoms with Crippen LogP contribution < -0.4 is 5.73 Å². The highest BCUT2D eigenvalue weighted by atomic mass is 32.2. The molecule has 0 aromatic rings. The summed E-state index contributed by atoms with van der Waals surface area (Å²) in [5.41, 5.74) is 5.36. The van der Waals surface area contributed by atoms with Crippen LogP contribution in [0.25, 0.3) is 0 Å². The third-order valence-corrected chi connectivity index (χ3v) is 4.87. The van der Waals surface area contributed by atoms with E-state index in [0.29, 0.717) is 0 Å². The Hall–Kier alpha value is -0.770. The van der Waals surface area contributed by atoms with Crippen molar-refractivity contribution in [3.63, 3.8) is 0 Å². The first-order chi connectivity index (χ1) is 8.77. The predicted molar refractivity (Wildman–Crippen MR) is 75.2 cm³/mol. The zero-order valence-corrected chi connectivity index (χ0v) is 12.9. The summed E-state index contributed by atoms with van der Waals surface area (Å²) in [7, 11) is -1.21. The van der Waals surface area contributed by atoms with E-state index in [9.17, 15) is 13.2 Å². The Balaban J connectivity index is 4.98. The van der Waals surface area contributed by atoms with Crippen molar-refractivity contribution in [1.29, 1.82) is 0 Å². The number of esters is 1. The summed E-state index contributed by atoms with van der Waals surface area (Å²) >= 11 is 4.72. The molecule has 0 aliphatic rings. The summed E-state index contributed by atoms with van der Waals surface area (Å²) in [6, 6.07) is 0. The third-order valence-electron chi connectivity index (χ3n) is 2.49. The molecule has 0 rings (SSSR count). The van der Waals surface area contributed by atoms with Crippen molar-refractivity contribution in [1.82, 2.24) is 4.31 Å². The summed E-state index contributed by atoms with van der Waals surface area (Å²) in [4.78, 5) is 11.6. The number of nitrogens with two attached hydrogens (primary N) is 1. The topological polar surface area (TPSA) is 98.9 Å². The fourth-order valence-corrected chi connectivity index (χ4v) is 2.86. The second-order valence-electron chi connectivity index (χ2n) is 3.82. The summed E-state index contributed by atoms with van der Waals surface area (Å²) in [6.45, 7) is 1.73. The Labute approximate surface area is 119 Å². The second-order valence-corrected chi connectivity index (χ2v) is 6.60. The molecular formula is C10H20N2O5S2. The van der Waals surface area contributed by atoms with Gasteiger partial charge in [-0.1, -0.05) is 12.2 Å². The lowest BCUT2D eigenvalue weighted by molar-refractivity contribution is -0.139. The zero-order chi connectivity index (χ0) is 15.1. The van der Waals surface area contributed by atoms with E-state index in [1.54, 1.807) is 0 Å². The lowest BCUT2D eigenvalue weighted by Gasteiger charge is -2.24. The normalized spacial score (nSPS) is 13.3. The van der Waals surface area contributed by atoms with Crippen molar-refractivity contribution < 1.29 is 22.7 Å². The molecule has 7 nitrogen and oxygen atoms in total. The van der Waals surface area contributed by atoms with E-state index in [0.717, 1.165) is 11.4 Å². The van der Waals surface area contributed by atoms with E-state index in [-0.39, 0.29) is 31.1 Å². The molecule has 1 unspecified atom stereocenters. The van der Waals surface area contributed by atoms with Gasteiger partial charge in [0.1, 0.15) is 0 Å². The molecule has 1 atom stereocenters. The molecule has 0 aromatic heterocycles. The minimum Gasteiger partial charge on any atom is -0.468 e. The number of hydrogen-bond acceptors (Lipinski definition) is 6. The lowest BCUT2D eigenvalue weighted by Crippen LogP contribution is -2.44. The smallest absolute Gasteiger partial charge is 0.325 e. The van der Waals surface area contributed by atoms with Gasteiger partial charge in [-0.05, 0) is 6.92 Å². The standard InChI is InChI=1S/C10H20N2O5S2/c1-8(10(13)17-3)19(14,15)12(6-7-16-2)5-4-9(11)18/h8H,4-7H2,1-3H3,(H2,11,18). The van der Waals surface area contributed by atoms with E-state index in [1.807, 2.05) is 0 Å². The number of ether oxygens (including phenoxy) is 2. The van der Waals surface area contributed by atoms with Gasteiger partial charge in [-0.15, -0.1) is 0 Å². The van der Waals surface area contributed by atoms with Crippen LogP contribution in [-0.4, -0.2) is 62.8 Å². The van der Waals surface area contributed by atoms with E-state index < -0.39 is 21.2 Å². The van der Waals surface area contributed by atoms with Crippen LogP contribution in [0, 0.1) is 0 Å². The minimum absolute atomic E-state index is 0.113. The number of carbonyl (C=O) groups excluding carboxylic acids is 1. The van der Waals surface area contributed by atoms with Crippen LogP contribution in [0.15, 0.2) is 0 Å². The van der Waals surface area contributed by atoms with Gasteiger partial charge in [-0.3, -0.25) is 4.79 Å². The van der Waals surface area contributed by atoms with Crippen molar-refractivity contribution >= 4 is 33.2 Å². The minimum atomic E-state index is -3.82. The number of carbonyl (C=O) groups is 1. The molecule has 19 heavy (non-hydrogen) atoms. The van der Waals surface area contributed by atoms with Gasteiger partial charge in [-0.25, -0.2) is 8.42 Å². The number of nitrogens with zero attached hydrogens (tertiary/aromatic N) is 1. The molecule has 0 radical (unpaired) electrons. The molecule has 0 heterocycles. The van der Waals surface area contributed by atoms with Gasteiger partial charge in [0.15, 0.2) is 5.25 Å². The predicted octanol–water partition coefficient (Wildman–Crippen LogP) is -0.498. The fourth-order valence-electron chi connectivity index (χ4n) is 1.31. The molecule has 0 aliphatic carbocycles. The zero-order valence-electron chi connectivity index (χ0n) is 11.3. The second kappa shape index (κ2) is 8.41. The summed E-state index contributed by atoms with van der Waals surface area (Å²) < 4.78 is 34.9. The molecule has 0 amide bonds. The monoisotopic (exact) mass is 312 g/mol. The van der Waals surface area contributed by atoms with Crippen molar-refractivity contribution in [2.75, 3.05) is 33.9 Å². The Morgan fingerprint density at radius 3 is 2.37 bits per heavy atom. The van der Waals surface area contributed by atoms with E-state index in [1.165, 1.54) is 14.0 Å². The molecule has 0 saturated carbocycles. The van der Waals surface area contributed by atoms with Crippen molar-refractivity contribution in [2.24, 2.45) is 5.73 Å². The highest BCUT2D eigenvalue weighted by Crippen LogP contribution is 2.11. The number of hydrogen-bond donors (Lipinski definition) is 1. The first-order valence-corrected chi connectivity index (χ1v) is 7.52. The quantitative estimate of drug-likeness (QED) is 0.453. The summed E-state index contributed by atoms with van der Waals surface area (Å²) in [5.74, 6) is -0.808. The average Bonchev–Trinajstić information content (AvgIpc) is 2.36. The van der Waals surface area contributed by atoms with Crippen LogP contribution in [0.2, 0.25) is 0 Å². The molecule has 9 heteroatoms. The summed E-state index contributed by atoms with van der Waals surface area (Å²) in [6.07, 6.45) is 0.242. The molecule has 0 aromatic carbocycles. The largest absolute Gasteiger partial charge is 0.468 e. The molecule has 0 bridgehead atoms. The third kappa shape index (κ3) is 5.81. The van der Waals surface area contributed by atoms with Crippen LogP contribution in [0.3, 0.4) is 0 Å².